The average molecular weight is 405 g/mol. The summed E-state index contributed by atoms with van der Waals surface area (Å²) in [6.45, 7) is 4.39. The average Bonchev–Trinajstić information content (AvgIpc) is 3.65. The maximum atomic E-state index is 13.3. The Morgan fingerprint density at radius 2 is 1.70 bits per heavy atom. The molecule has 0 radical (unpaired) electrons. The highest BCUT2D eigenvalue weighted by atomic mass is 16.2. The first-order valence-electron chi connectivity index (χ1n) is 10.8. The van der Waals surface area contributed by atoms with E-state index in [4.69, 9.17) is 0 Å². The first-order valence-corrected chi connectivity index (χ1v) is 10.8. The van der Waals surface area contributed by atoms with E-state index >= 15 is 0 Å². The highest BCUT2D eigenvalue weighted by Gasteiger charge is 2.65. The van der Waals surface area contributed by atoms with E-state index in [9.17, 15) is 14.4 Å². The van der Waals surface area contributed by atoms with Gasteiger partial charge in [-0.2, -0.15) is 0 Å². The molecule has 5 rings (SSSR count). The van der Waals surface area contributed by atoms with Gasteiger partial charge in [0.05, 0.1) is 6.54 Å². The van der Waals surface area contributed by atoms with Crippen molar-refractivity contribution in [3.63, 3.8) is 0 Å². The van der Waals surface area contributed by atoms with Crippen LogP contribution in [0.15, 0.2) is 36.4 Å². The van der Waals surface area contributed by atoms with E-state index in [1.165, 1.54) is 0 Å². The molecule has 2 aromatic rings. The van der Waals surface area contributed by atoms with E-state index in [1.54, 1.807) is 0 Å². The number of imide groups is 1. The van der Waals surface area contributed by atoms with Gasteiger partial charge in [0.15, 0.2) is 5.78 Å². The summed E-state index contributed by atoms with van der Waals surface area (Å²) in [6.07, 6.45) is 3.91. The molecule has 6 heteroatoms. The summed E-state index contributed by atoms with van der Waals surface area (Å²) in [5.41, 5.74) is 2.85. The minimum absolute atomic E-state index is 0.187. The Kier molecular flexibility index (Phi) is 4.34. The molecule has 2 aliphatic carbocycles. The molecular formula is C24H27N3O3. The smallest absolute Gasteiger partial charge is 0.325 e. The fraction of sp³-hybridized carbons (Fsp3) is 0.458. The highest BCUT2D eigenvalue weighted by Crippen LogP contribution is 2.54. The predicted octanol–water partition coefficient (Wildman–Crippen LogP) is 3.45. The Bertz CT molecular complexity index is 1020. The molecule has 30 heavy (non-hydrogen) atoms. The lowest BCUT2D eigenvalue weighted by Gasteiger charge is -2.26. The van der Waals surface area contributed by atoms with Crippen LogP contribution in [0.3, 0.4) is 0 Å². The van der Waals surface area contributed by atoms with Crippen LogP contribution in [0.2, 0.25) is 0 Å². The molecule has 2 saturated carbocycles. The van der Waals surface area contributed by atoms with Gasteiger partial charge in [0, 0.05) is 23.5 Å². The minimum Gasteiger partial charge on any atom is -0.344 e. The van der Waals surface area contributed by atoms with Gasteiger partial charge in [-0.1, -0.05) is 30.3 Å². The molecule has 156 valence electrons. The fourth-order valence-electron chi connectivity index (χ4n) is 5.04. The van der Waals surface area contributed by atoms with Gasteiger partial charge in [-0.15, -0.1) is 0 Å². The summed E-state index contributed by atoms with van der Waals surface area (Å²) in [6, 6.07) is 11.6. The van der Waals surface area contributed by atoms with E-state index in [1.807, 2.05) is 38.1 Å². The number of nitrogens with zero attached hydrogens (tertiary/aromatic N) is 2. The molecule has 1 N–H and O–H groups in total. The van der Waals surface area contributed by atoms with Crippen molar-refractivity contribution in [1.29, 1.82) is 0 Å². The van der Waals surface area contributed by atoms with Gasteiger partial charge in [-0.25, -0.2) is 4.79 Å². The number of nitrogens with one attached hydrogen (secondary N) is 1. The van der Waals surface area contributed by atoms with Crippen LogP contribution in [-0.4, -0.2) is 39.3 Å². The van der Waals surface area contributed by atoms with E-state index in [-0.39, 0.29) is 30.1 Å². The quantitative estimate of drug-likeness (QED) is 0.567. The topological polar surface area (TPSA) is 71.4 Å². The van der Waals surface area contributed by atoms with Crippen molar-refractivity contribution in [2.45, 2.75) is 51.6 Å². The molecule has 0 spiro atoms. The van der Waals surface area contributed by atoms with E-state index in [0.717, 1.165) is 47.5 Å². The second kappa shape index (κ2) is 6.83. The zero-order valence-electron chi connectivity index (χ0n) is 17.5. The summed E-state index contributed by atoms with van der Waals surface area (Å²) in [4.78, 5) is 40.2. The summed E-state index contributed by atoms with van der Waals surface area (Å²) in [7, 11) is 0. The molecule has 2 heterocycles. The number of urea groups is 1. The number of carbonyl (C=O) groups is 3. The second-order valence-corrected chi connectivity index (χ2v) is 9.02. The second-order valence-electron chi connectivity index (χ2n) is 9.02. The lowest BCUT2D eigenvalue weighted by Crippen LogP contribution is -2.51. The monoisotopic (exact) mass is 405 g/mol. The number of aromatic nitrogens is 1. The molecule has 6 nitrogen and oxygen atoms in total. The Balaban J connectivity index is 1.36. The van der Waals surface area contributed by atoms with Crippen molar-refractivity contribution < 1.29 is 14.4 Å². The van der Waals surface area contributed by atoms with Crippen molar-refractivity contribution in [1.82, 2.24) is 14.8 Å². The SMILES string of the molecule is Cc1cc(C(=O)CN2C(=O)NC(C3CC3)(C3CC3)C2=O)c(C)n1Cc1ccccc1. The standard InChI is InChI=1S/C24H27N3O3/c1-15-12-20(16(2)26(15)13-17-6-4-3-5-7-17)21(28)14-27-22(29)24(18-8-9-18,19-10-11-19)25-23(27)30/h3-7,12,18-19H,8-11,13-14H2,1-2H3,(H,25,30). The van der Waals surface area contributed by atoms with Crippen LogP contribution in [0, 0.1) is 25.7 Å². The van der Waals surface area contributed by atoms with Gasteiger partial charge in [0.1, 0.15) is 5.54 Å². The van der Waals surface area contributed by atoms with E-state index in [0.29, 0.717) is 12.1 Å². The number of amides is 3. The Labute approximate surface area is 176 Å². The number of Topliss-reactive ketones (excluding diaryl/α,β-unsaturated/α-hetero) is 1. The van der Waals surface area contributed by atoms with Crippen molar-refractivity contribution in [3.05, 3.63) is 58.9 Å². The van der Waals surface area contributed by atoms with Crippen LogP contribution in [0.25, 0.3) is 0 Å². The molecule has 0 unspecified atom stereocenters. The molecular weight excluding hydrogens is 378 g/mol. The summed E-state index contributed by atoms with van der Waals surface area (Å²) < 4.78 is 2.10. The van der Waals surface area contributed by atoms with Crippen molar-refractivity contribution in [3.8, 4) is 0 Å². The highest BCUT2D eigenvalue weighted by molar-refractivity contribution is 6.12. The van der Waals surface area contributed by atoms with Crippen molar-refractivity contribution in [2.75, 3.05) is 6.54 Å². The first-order chi connectivity index (χ1) is 14.4. The molecule has 0 atom stereocenters. The van der Waals surface area contributed by atoms with Crippen LogP contribution in [-0.2, 0) is 11.3 Å². The number of hydrogen-bond acceptors (Lipinski definition) is 3. The largest absolute Gasteiger partial charge is 0.344 e. The molecule has 3 fully saturated rings. The van der Waals surface area contributed by atoms with Gasteiger partial charge < -0.3 is 9.88 Å². The predicted molar refractivity (Wildman–Crippen MR) is 112 cm³/mol. The number of ketones is 1. The number of benzene rings is 1. The lowest BCUT2D eigenvalue weighted by atomic mass is 9.87. The number of hydrogen-bond donors (Lipinski definition) is 1. The summed E-state index contributed by atoms with van der Waals surface area (Å²) in [5, 5.41) is 2.99. The maximum absolute atomic E-state index is 13.3. The molecule has 0 bridgehead atoms. The number of carbonyl (C=O) groups excluding carboxylic acids is 3. The minimum atomic E-state index is -0.748. The lowest BCUT2D eigenvalue weighted by molar-refractivity contribution is -0.132. The van der Waals surface area contributed by atoms with Crippen LogP contribution in [0.5, 0.6) is 0 Å². The van der Waals surface area contributed by atoms with Gasteiger partial charge >= 0.3 is 6.03 Å². The molecule has 3 aliphatic rings. The normalized spacial score (nSPS) is 20.5. The van der Waals surface area contributed by atoms with Gasteiger partial charge in [0.25, 0.3) is 5.91 Å². The van der Waals surface area contributed by atoms with Gasteiger partial charge in [-0.3, -0.25) is 14.5 Å². The van der Waals surface area contributed by atoms with Crippen LogP contribution >= 0.6 is 0 Å². The Morgan fingerprint density at radius 1 is 1.07 bits per heavy atom. The molecule has 1 aromatic carbocycles. The van der Waals surface area contributed by atoms with Gasteiger partial charge in [-0.05, 0) is 63.0 Å². The zero-order chi connectivity index (χ0) is 21.0. The summed E-state index contributed by atoms with van der Waals surface area (Å²) >= 11 is 0. The summed E-state index contributed by atoms with van der Waals surface area (Å²) in [5.74, 6) is 0.0900. The number of aryl methyl sites for hydroxylation is 1. The fourth-order valence-corrected chi connectivity index (χ4v) is 5.04. The third-order valence-corrected chi connectivity index (χ3v) is 6.96. The van der Waals surface area contributed by atoms with Gasteiger partial charge in [0.2, 0.25) is 0 Å². The van der Waals surface area contributed by atoms with Crippen LogP contribution < -0.4 is 5.32 Å². The molecule has 1 saturated heterocycles. The third kappa shape index (κ3) is 2.97. The Morgan fingerprint density at radius 3 is 2.30 bits per heavy atom. The molecule has 1 aromatic heterocycles. The molecule has 3 amide bonds. The van der Waals surface area contributed by atoms with Crippen LogP contribution in [0.1, 0.15) is 53.0 Å². The third-order valence-electron chi connectivity index (χ3n) is 6.96. The van der Waals surface area contributed by atoms with Crippen molar-refractivity contribution >= 4 is 17.7 Å². The zero-order valence-corrected chi connectivity index (χ0v) is 17.5. The van der Waals surface area contributed by atoms with E-state index in [2.05, 4.69) is 22.0 Å². The number of rotatable bonds is 7. The molecule has 1 aliphatic heterocycles. The van der Waals surface area contributed by atoms with Crippen LogP contribution in [0.4, 0.5) is 4.79 Å². The first kappa shape index (κ1) is 19.1. The van der Waals surface area contributed by atoms with Crippen molar-refractivity contribution in [2.24, 2.45) is 11.8 Å². The maximum Gasteiger partial charge on any atom is 0.325 e. The van der Waals surface area contributed by atoms with E-state index < -0.39 is 11.6 Å². The Hall–Kier alpha value is -2.89.